The maximum Gasteiger partial charge on any atom is 0.309 e. The second-order valence-electron chi connectivity index (χ2n) is 4.10. The van der Waals surface area contributed by atoms with E-state index in [9.17, 15) is 4.79 Å². The molecule has 1 saturated carbocycles. The smallest absolute Gasteiger partial charge is 0.309 e. The molecule has 2 aliphatic rings. The molecule has 0 aromatic carbocycles. The van der Waals surface area contributed by atoms with Crippen molar-refractivity contribution in [3.63, 3.8) is 0 Å². The van der Waals surface area contributed by atoms with Crippen LogP contribution in [0.5, 0.6) is 0 Å². The van der Waals surface area contributed by atoms with E-state index in [0.717, 1.165) is 6.42 Å². The summed E-state index contributed by atoms with van der Waals surface area (Å²) < 4.78 is 5.05. The zero-order valence-electron chi connectivity index (χ0n) is 8.25. The summed E-state index contributed by atoms with van der Waals surface area (Å²) in [5.41, 5.74) is 1.48. The summed E-state index contributed by atoms with van der Waals surface area (Å²) in [4.78, 5) is 11.5. The summed E-state index contributed by atoms with van der Waals surface area (Å²) in [6.45, 7) is 4.55. The second kappa shape index (κ2) is 3.17. The lowest BCUT2D eigenvalue weighted by Crippen LogP contribution is -2.22. The molecule has 0 spiro atoms. The summed E-state index contributed by atoms with van der Waals surface area (Å²) in [5.74, 6) is 1.32. The van der Waals surface area contributed by atoms with Crippen molar-refractivity contribution in [1.29, 1.82) is 0 Å². The van der Waals surface area contributed by atoms with Crippen LogP contribution in [-0.4, -0.2) is 12.6 Å². The fraction of sp³-hybridized carbons (Fsp3) is 0.727. The lowest BCUT2D eigenvalue weighted by atomic mass is 9.90. The van der Waals surface area contributed by atoms with E-state index in [1.807, 2.05) is 6.92 Å². The molecule has 0 radical (unpaired) electrons. The van der Waals surface area contributed by atoms with Gasteiger partial charge in [-0.1, -0.05) is 11.6 Å². The van der Waals surface area contributed by atoms with Crippen molar-refractivity contribution < 1.29 is 9.53 Å². The Morgan fingerprint density at radius 3 is 2.85 bits per heavy atom. The van der Waals surface area contributed by atoms with Crippen molar-refractivity contribution in [3.8, 4) is 0 Å². The Labute approximate surface area is 79.0 Å². The van der Waals surface area contributed by atoms with Crippen LogP contribution in [0.15, 0.2) is 11.6 Å². The number of hydrogen-bond acceptors (Lipinski definition) is 2. The summed E-state index contributed by atoms with van der Waals surface area (Å²) >= 11 is 0. The highest BCUT2D eigenvalue weighted by atomic mass is 16.5. The number of esters is 1. The third-order valence-corrected chi connectivity index (χ3v) is 3.32. The molecule has 2 bridgehead atoms. The first-order chi connectivity index (χ1) is 6.22. The van der Waals surface area contributed by atoms with Crippen LogP contribution in [-0.2, 0) is 9.53 Å². The largest absolute Gasteiger partial charge is 0.466 e. The SMILES string of the molecule is CCOC(=O)[C@@H]1C[C@H]2C[C@@H]1C=C2C. The van der Waals surface area contributed by atoms with Gasteiger partial charge >= 0.3 is 5.97 Å². The zero-order chi connectivity index (χ0) is 9.42. The van der Waals surface area contributed by atoms with E-state index < -0.39 is 0 Å². The standard InChI is InChI=1S/C11H16O2/c1-3-13-11(12)10-6-8-5-9(10)4-7(8)2/h4,8-10H,3,5-6H2,1-2H3/t8-,9+,10-/m1/s1. The van der Waals surface area contributed by atoms with Gasteiger partial charge in [-0.25, -0.2) is 0 Å². The first kappa shape index (κ1) is 8.79. The van der Waals surface area contributed by atoms with E-state index in [-0.39, 0.29) is 11.9 Å². The topological polar surface area (TPSA) is 26.3 Å². The summed E-state index contributed by atoms with van der Waals surface area (Å²) in [6.07, 6.45) is 4.46. The van der Waals surface area contributed by atoms with Crippen molar-refractivity contribution in [3.05, 3.63) is 11.6 Å². The number of hydrogen-bond donors (Lipinski definition) is 0. The maximum absolute atomic E-state index is 11.5. The van der Waals surface area contributed by atoms with Crippen molar-refractivity contribution in [2.75, 3.05) is 6.61 Å². The average molecular weight is 180 g/mol. The minimum atomic E-state index is 0.0127. The van der Waals surface area contributed by atoms with Gasteiger partial charge < -0.3 is 4.74 Å². The maximum atomic E-state index is 11.5. The molecule has 2 heteroatoms. The molecule has 0 aromatic heterocycles. The van der Waals surface area contributed by atoms with E-state index in [0.29, 0.717) is 18.4 Å². The Hall–Kier alpha value is -0.790. The Morgan fingerprint density at radius 2 is 2.38 bits per heavy atom. The Bertz CT molecular complexity index is 255. The van der Waals surface area contributed by atoms with Crippen LogP contribution >= 0.6 is 0 Å². The lowest BCUT2D eigenvalue weighted by molar-refractivity contribution is -0.148. The van der Waals surface area contributed by atoms with E-state index in [4.69, 9.17) is 4.74 Å². The van der Waals surface area contributed by atoms with E-state index >= 15 is 0 Å². The Morgan fingerprint density at radius 1 is 1.62 bits per heavy atom. The molecule has 0 saturated heterocycles. The van der Waals surface area contributed by atoms with Gasteiger partial charge in [-0.2, -0.15) is 0 Å². The molecular formula is C11H16O2. The molecule has 2 aliphatic carbocycles. The Kier molecular flexibility index (Phi) is 2.14. The number of carbonyl (C=O) groups is 1. The molecule has 0 aromatic rings. The van der Waals surface area contributed by atoms with Crippen molar-refractivity contribution in [1.82, 2.24) is 0 Å². The number of allylic oxidation sites excluding steroid dienone is 2. The van der Waals surface area contributed by atoms with E-state index in [1.165, 1.54) is 12.0 Å². The van der Waals surface area contributed by atoms with Crippen LogP contribution in [0.4, 0.5) is 0 Å². The summed E-state index contributed by atoms with van der Waals surface area (Å²) in [6, 6.07) is 0. The zero-order valence-corrected chi connectivity index (χ0v) is 8.25. The molecule has 1 fully saturated rings. The Balaban J connectivity index is 2.02. The van der Waals surface area contributed by atoms with E-state index in [1.54, 1.807) is 0 Å². The first-order valence-electron chi connectivity index (χ1n) is 5.07. The fourth-order valence-corrected chi connectivity index (χ4v) is 2.62. The minimum Gasteiger partial charge on any atom is -0.466 e. The lowest BCUT2D eigenvalue weighted by Gasteiger charge is -2.17. The summed E-state index contributed by atoms with van der Waals surface area (Å²) in [7, 11) is 0. The van der Waals surface area contributed by atoms with Gasteiger partial charge in [-0.15, -0.1) is 0 Å². The van der Waals surface area contributed by atoms with Gasteiger partial charge in [0.25, 0.3) is 0 Å². The number of ether oxygens (including phenoxy) is 1. The van der Waals surface area contributed by atoms with Crippen molar-refractivity contribution >= 4 is 5.97 Å². The van der Waals surface area contributed by atoms with Crippen LogP contribution in [0.25, 0.3) is 0 Å². The van der Waals surface area contributed by atoms with Gasteiger partial charge in [0.1, 0.15) is 0 Å². The molecule has 2 nitrogen and oxygen atoms in total. The normalized spacial score (nSPS) is 36.2. The molecular weight excluding hydrogens is 164 g/mol. The first-order valence-corrected chi connectivity index (χ1v) is 5.07. The quantitative estimate of drug-likeness (QED) is 0.481. The molecule has 0 amide bonds. The molecule has 13 heavy (non-hydrogen) atoms. The van der Waals surface area contributed by atoms with Gasteiger partial charge in [0.2, 0.25) is 0 Å². The minimum absolute atomic E-state index is 0.0127. The van der Waals surface area contributed by atoms with Gasteiger partial charge in [-0.05, 0) is 38.5 Å². The van der Waals surface area contributed by atoms with Crippen LogP contribution < -0.4 is 0 Å². The van der Waals surface area contributed by atoms with Crippen LogP contribution in [0.3, 0.4) is 0 Å². The third-order valence-electron chi connectivity index (χ3n) is 3.32. The van der Waals surface area contributed by atoms with Gasteiger partial charge in [0.15, 0.2) is 0 Å². The molecule has 0 heterocycles. The molecule has 0 aliphatic heterocycles. The number of rotatable bonds is 2. The van der Waals surface area contributed by atoms with Crippen LogP contribution in [0, 0.1) is 17.8 Å². The molecule has 0 unspecified atom stereocenters. The van der Waals surface area contributed by atoms with Crippen LogP contribution in [0.2, 0.25) is 0 Å². The van der Waals surface area contributed by atoms with Gasteiger partial charge in [-0.3, -0.25) is 4.79 Å². The third kappa shape index (κ3) is 1.38. The highest BCUT2D eigenvalue weighted by Crippen LogP contribution is 2.47. The average Bonchev–Trinajstić information content (AvgIpc) is 2.62. The predicted molar refractivity (Wildman–Crippen MR) is 50.1 cm³/mol. The second-order valence-corrected chi connectivity index (χ2v) is 4.10. The fourth-order valence-electron chi connectivity index (χ4n) is 2.62. The number of carbonyl (C=O) groups excluding carboxylic acids is 1. The van der Waals surface area contributed by atoms with Crippen molar-refractivity contribution in [2.24, 2.45) is 17.8 Å². The monoisotopic (exact) mass is 180 g/mol. The predicted octanol–water partition coefficient (Wildman–Crippen LogP) is 2.15. The highest BCUT2D eigenvalue weighted by molar-refractivity contribution is 5.74. The van der Waals surface area contributed by atoms with Crippen molar-refractivity contribution in [2.45, 2.75) is 26.7 Å². The highest BCUT2D eigenvalue weighted by Gasteiger charge is 2.42. The van der Waals surface area contributed by atoms with Gasteiger partial charge in [0.05, 0.1) is 12.5 Å². The van der Waals surface area contributed by atoms with Gasteiger partial charge in [0, 0.05) is 0 Å². The number of fused-ring (bicyclic) bond motifs is 2. The molecule has 2 rings (SSSR count). The van der Waals surface area contributed by atoms with E-state index in [2.05, 4.69) is 13.0 Å². The summed E-state index contributed by atoms with van der Waals surface area (Å²) in [5, 5.41) is 0. The molecule has 3 atom stereocenters. The molecule has 0 N–H and O–H groups in total. The van der Waals surface area contributed by atoms with Crippen LogP contribution in [0.1, 0.15) is 26.7 Å². The molecule has 72 valence electrons.